The van der Waals surface area contributed by atoms with E-state index in [2.05, 4.69) is 0 Å². The van der Waals surface area contributed by atoms with Gasteiger partial charge in [-0.25, -0.2) is 4.39 Å². The summed E-state index contributed by atoms with van der Waals surface area (Å²) in [4.78, 5) is 14.2. The maximum atomic E-state index is 13.8. The number of ether oxygens (including phenoxy) is 1. The summed E-state index contributed by atoms with van der Waals surface area (Å²) in [6, 6.07) is 9.59. The zero-order chi connectivity index (χ0) is 15.5. The summed E-state index contributed by atoms with van der Waals surface area (Å²) in [5, 5.41) is 0. The Balaban J connectivity index is 1.74. The summed E-state index contributed by atoms with van der Waals surface area (Å²) in [7, 11) is 1.69. The van der Waals surface area contributed by atoms with Gasteiger partial charge in [0.1, 0.15) is 11.6 Å². The summed E-state index contributed by atoms with van der Waals surface area (Å²) in [5.41, 5.74) is 0.361. The molecule has 1 aliphatic heterocycles. The van der Waals surface area contributed by atoms with Gasteiger partial charge < -0.3 is 14.1 Å². The van der Waals surface area contributed by atoms with Crippen LogP contribution >= 0.6 is 0 Å². The highest BCUT2D eigenvalue weighted by molar-refractivity contribution is 5.92. The second kappa shape index (κ2) is 6.32. The molecular formula is C17H18FNO3. The van der Waals surface area contributed by atoms with Gasteiger partial charge in [-0.2, -0.15) is 0 Å². The second-order valence-corrected chi connectivity index (χ2v) is 5.37. The molecule has 1 saturated heterocycles. The zero-order valence-corrected chi connectivity index (χ0v) is 12.4. The Morgan fingerprint density at radius 2 is 1.95 bits per heavy atom. The quantitative estimate of drug-likeness (QED) is 0.873. The number of hydrogen-bond acceptors (Lipinski definition) is 3. The number of benzene rings is 1. The standard InChI is InChI=1S/C17H18FNO3/c1-21-12-8-10-19(11-9-12)17(20)16-7-6-15(22-16)13-4-2-3-5-14(13)18/h2-7,12H,8-11H2,1H3. The molecule has 1 aliphatic rings. The summed E-state index contributed by atoms with van der Waals surface area (Å²) in [6.07, 6.45) is 1.86. The van der Waals surface area contributed by atoms with E-state index in [1.54, 1.807) is 42.3 Å². The number of rotatable bonds is 3. The van der Waals surface area contributed by atoms with Gasteiger partial charge >= 0.3 is 0 Å². The molecule has 0 unspecified atom stereocenters. The molecule has 116 valence electrons. The molecule has 1 aromatic heterocycles. The molecule has 0 aliphatic carbocycles. The first kappa shape index (κ1) is 14.8. The average molecular weight is 303 g/mol. The number of halogens is 1. The molecule has 22 heavy (non-hydrogen) atoms. The minimum absolute atomic E-state index is 0.155. The van der Waals surface area contributed by atoms with Crippen LogP contribution in [0.15, 0.2) is 40.8 Å². The van der Waals surface area contributed by atoms with Crippen LogP contribution in [-0.2, 0) is 4.74 Å². The molecule has 2 aromatic rings. The second-order valence-electron chi connectivity index (χ2n) is 5.37. The molecule has 0 spiro atoms. The molecule has 1 amide bonds. The molecule has 3 rings (SSSR count). The molecule has 4 nitrogen and oxygen atoms in total. The Bertz CT molecular complexity index is 659. The van der Waals surface area contributed by atoms with E-state index in [-0.39, 0.29) is 23.6 Å². The first-order valence-corrected chi connectivity index (χ1v) is 7.36. The summed E-state index contributed by atoms with van der Waals surface area (Å²) in [5.74, 6) is 0.0937. The molecule has 1 aromatic carbocycles. The van der Waals surface area contributed by atoms with Crippen molar-refractivity contribution in [1.29, 1.82) is 0 Å². The predicted molar refractivity (Wildman–Crippen MR) is 80.0 cm³/mol. The lowest BCUT2D eigenvalue weighted by Crippen LogP contribution is -2.40. The topological polar surface area (TPSA) is 42.7 Å². The van der Waals surface area contributed by atoms with Crippen molar-refractivity contribution in [1.82, 2.24) is 4.90 Å². The fourth-order valence-corrected chi connectivity index (χ4v) is 2.71. The van der Waals surface area contributed by atoms with Crippen molar-refractivity contribution in [3.8, 4) is 11.3 Å². The number of furan rings is 1. The highest BCUT2D eigenvalue weighted by atomic mass is 19.1. The van der Waals surface area contributed by atoms with Gasteiger partial charge in [0, 0.05) is 20.2 Å². The molecule has 0 N–H and O–H groups in total. The third-order valence-electron chi connectivity index (χ3n) is 4.02. The van der Waals surface area contributed by atoms with Crippen LogP contribution in [-0.4, -0.2) is 37.1 Å². The number of piperidine rings is 1. The Kier molecular flexibility index (Phi) is 4.24. The van der Waals surface area contributed by atoms with E-state index in [9.17, 15) is 9.18 Å². The average Bonchev–Trinajstić information content (AvgIpc) is 3.04. The van der Waals surface area contributed by atoms with Gasteiger partial charge in [0.05, 0.1) is 11.7 Å². The van der Waals surface area contributed by atoms with Crippen molar-refractivity contribution < 1.29 is 18.3 Å². The monoisotopic (exact) mass is 303 g/mol. The van der Waals surface area contributed by atoms with Gasteiger partial charge in [0.25, 0.3) is 5.91 Å². The zero-order valence-electron chi connectivity index (χ0n) is 12.4. The number of likely N-dealkylation sites (tertiary alicyclic amines) is 1. The van der Waals surface area contributed by atoms with Crippen LogP contribution in [0.5, 0.6) is 0 Å². The normalized spacial score (nSPS) is 16.0. The van der Waals surface area contributed by atoms with E-state index in [1.165, 1.54) is 6.07 Å². The van der Waals surface area contributed by atoms with Crippen LogP contribution in [0.25, 0.3) is 11.3 Å². The molecule has 0 saturated carbocycles. The maximum absolute atomic E-state index is 13.8. The van der Waals surface area contributed by atoms with Crippen LogP contribution in [0.3, 0.4) is 0 Å². The van der Waals surface area contributed by atoms with Crippen molar-refractivity contribution in [3.63, 3.8) is 0 Å². The fourth-order valence-electron chi connectivity index (χ4n) is 2.71. The summed E-state index contributed by atoms with van der Waals surface area (Å²) >= 11 is 0. The largest absolute Gasteiger partial charge is 0.451 e. The van der Waals surface area contributed by atoms with Crippen molar-refractivity contribution in [2.75, 3.05) is 20.2 Å². The van der Waals surface area contributed by atoms with E-state index in [0.717, 1.165) is 12.8 Å². The third-order valence-corrected chi connectivity index (χ3v) is 4.02. The van der Waals surface area contributed by atoms with Crippen LogP contribution < -0.4 is 0 Å². The Morgan fingerprint density at radius 3 is 2.64 bits per heavy atom. The van der Waals surface area contributed by atoms with Crippen molar-refractivity contribution in [2.45, 2.75) is 18.9 Å². The van der Waals surface area contributed by atoms with E-state index < -0.39 is 0 Å². The molecular weight excluding hydrogens is 285 g/mol. The number of carbonyl (C=O) groups excluding carboxylic acids is 1. The molecule has 0 bridgehead atoms. The minimum Gasteiger partial charge on any atom is -0.451 e. The van der Waals surface area contributed by atoms with Crippen molar-refractivity contribution >= 4 is 5.91 Å². The van der Waals surface area contributed by atoms with Gasteiger partial charge in [-0.15, -0.1) is 0 Å². The van der Waals surface area contributed by atoms with Crippen molar-refractivity contribution in [2.24, 2.45) is 0 Å². The lowest BCUT2D eigenvalue weighted by atomic mass is 10.1. The van der Waals surface area contributed by atoms with Crippen LogP contribution in [0.1, 0.15) is 23.4 Å². The van der Waals surface area contributed by atoms with Gasteiger partial charge in [-0.3, -0.25) is 4.79 Å². The Morgan fingerprint density at radius 1 is 1.23 bits per heavy atom. The van der Waals surface area contributed by atoms with E-state index in [4.69, 9.17) is 9.15 Å². The first-order valence-electron chi connectivity index (χ1n) is 7.36. The Labute approximate surface area is 128 Å². The molecule has 1 fully saturated rings. The van der Waals surface area contributed by atoms with Gasteiger partial charge in [0.15, 0.2) is 5.76 Å². The Hall–Kier alpha value is -2.14. The highest BCUT2D eigenvalue weighted by Gasteiger charge is 2.25. The number of methoxy groups -OCH3 is 1. The number of carbonyl (C=O) groups is 1. The predicted octanol–water partition coefficient (Wildman–Crippen LogP) is 3.34. The molecule has 0 atom stereocenters. The van der Waals surface area contributed by atoms with Gasteiger partial charge in [-0.05, 0) is 37.1 Å². The highest BCUT2D eigenvalue weighted by Crippen LogP contribution is 2.26. The first-order chi connectivity index (χ1) is 10.7. The molecule has 2 heterocycles. The third kappa shape index (κ3) is 2.90. The van der Waals surface area contributed by atoms with Crippen LogP contribution in [0.4, 0.5) is 4.39 Å². The van der Waals surface area contributed by atoms with E-state index in [1.807, 2.05) is 0 Å². The lowest BCUT2D eigenvalue weighted by molar-refractivity contribution is 0.0335. The smallest absolute Gasteiger partial charge is 0.289 e. The van der Waals surface area contributed by atoms with E-state index in [0.29, 0.717) is 24.4 Å². The lowest BCUT2D eigenvalue weighted by Gasteiger charge is -2.30. The molecule has 0 radical (unpaired) electrons. The summed E-state index contributed by atoms with van der Waals surface area (Å²) < 4.78 is 24.6. The fraction of sp³-hybridized carbons (Fsp3) is 0.353. The number of hydrogen-bond donors (Lipinski definition) is 0. The van der Waals surface area contributed by atoms with Crippen LogP contribution in [0, 0.1) is 5.82 Å². The van der Waals surface area contributed by atoms with Gasteiger partial charge in [-0.1, -0.05) is 12.1 Å². The summed E-state index contributed by atoms with van der Waals surface area (Å²) in [6.45, 7) is 1.29. The van der Waals surface area contributed by atoms with E-state index >= 15 is 0 Å². The van der Waals surface area contributed by atoms with Gasteiger partial charge in [0.2, 0.25) is 0 Å². The van der Waals surface area contributed by atoms with Crippen molar-refractivity contribution in [3.05, 3.63) is 48.0 Å². The minimum atomic E-state index is -0.364. The maximum Gasteiger partial charge on any atom is 0.289 e. The van der Waals surface area contributed by atoms with Crippen LogP contribution in [0.2, 0.25) is 0 Å². The molecule has 5 heteroatoms. The SMILES string of the molecule is COC1CCN(C(=O)c2ccc(-c3ccccc3F)o2)CC1. The number of amides is 1. The number of nitrogens with zero attached hydrogens (tertiary/aromatic N) is 1.